The molecule has 1 unspecified atom stereocenters. The lowest BCUT2D eigenvalue weighted by atomic mass is 9.84. The van der Waals surface area contributed by atoms with E-state index in [1.54, 1.807) is 82.0 Å². The van der Waals surface area contributed by atoms with Crippen molar-refractivity contribution in [2.75, 3.05) is 21.3 Å². The van der Waals surface area contributed by atoms with Crippen molar-refractivity contribution < 1.29 is 23.9 Å². The molecule has 0 saturated carbocycles. The zero-order chi connectivity index (χ0) is 27.5. The van der Waals surface area contributed by atoms with Crippen molar-refractivity contribution in [1.29, 1.82) is 0 Å². The van der Waals surface area contributed by atoms with Crippen molar-refractivity contribution in [2.24, 2.45) is 5.92 Å². The van der Waals surface area contributed by atoms with E-state index in [1.165, 1.54) is 23.1 Å². The molecular weight excluding hydrogens is 478 g/mol. The van der Waals surface area contributed by atoms with Gasteiger partial charge in [-0.15, -0.1) is 0 Å². The Morgan fingerprint density at radius 3 is 1.71 bits per heavy atom. The molecule has 194 valence electrons. The first-order valence-electron chi connectivity index (χ1n) is 12.0. The number of ketones is 2. The molecule has 3 rings (SSSR count). The van der Waals surface area contributed by atoms with Crippen LogP contribution in [0.4, 0.5) is 0 Å². The van der Waals surface area contributed by atoms with Gasteiger partial charge in [0.15, 0.2) is 11.6 Å². The molecule has 3 aromatic carbocycles. The zero-order valence-electron chi connectivity index (χ0n) is 21.7. The maximum atomic E-state index is 13.7. The predicted octanol–water partition coefficient (Wildman–Crippen LogP) is 5.57. The molecule has 1 amide bonds. The van der Waals surface area contributed by atoms with Crippen molar-refractivity contribution in [3.8, 4) is 11.5 Å². The van der Waals surface area contributed by atoms with Crippen LogP contribution in [0.15, 0.2) is 104 Å². The van der Waals surface area contributed by atoms with Gasteiger partial charge in [0.05, 0.1) is 20.3 Å². The van der Waals surface area contributed by atoms with Gasteiger partial charge < -0.3 is 14.4 Å². The van der Waals surface area contributed by atoms with Crippen molar-refractivity contribution >= 4 is 29.6 Å². The quantitative estimate of drug-likeness (QED) is 0.236. The summed E-state index contributed by atoms with van der Waals surface area (Å²) in [6.45, 7) is 3.58. The van der Waals surface area contributed by atoms with Crippen LogP contribution in [-0.4, -0.2) is 43.6 Å². The van der Waals surface area contributed by atoms with E-state index in [-0.39, 0.29) is 0 Å². The van der Waals surface area contributed by atoms with E-state index in [1.807, 2.05) is 30.3 Å². The summed E-state index contributed by atoms with van der Waals surface area (Å²) in [6.07, 6.45) is 7.18. The van der Waals surface area contributed by atoms with Crippen LogP contribution in [0.2, 0.25) is 0 Å². The van der Waals surface area contributed by atoms with Crippen LogP contribution in [0.25, 0.3) is 12.2 Å². The minimum atomic E-state index is -1.20. The number of rotatable bonds is 12. The van der Waals surface area contributed by atoms with Gasteiger partial charge in [-0.1, -0.05) is 73.3 Å². The molecule has 0 saturated heterocycles. The van der Waals surface area contributed by atoms with Gasteiger partial charge in [0.2, 0.25) is 5.91 Å². The molecular formula is C32H31NO5. The van der Waals surface area contributed by atoms with Crippen molar-refractivity contribution in [3.05, 3.63) is 120 Å². The Bertz CT molecular complexity index is 1270. The van der Waals surface area contributed by atoms with E-state index in [4.69, 9.17) is 9.47 Å². The summed E-state index contributed by atoms with van der Waals surface area (Å²) in [5.74, 6) is -1.19. The molecule has 0 aliphatic rings. The second-order valence-electron chi connectivity index (χ2n) is 8.51. The summed E-state index contributed by atoms with van der Waals surface area (Å²) in [6, 6.07) is 22.6. The summed E-state index contributed by atoms with van der Waals surface area (Å²) in [4.78, 5) is 41.5. The highest BCUT2D eigenvalue weighted by atomic mass is 16.5. The fourth-order valence-electron chi connectivity index (χ4n) is 4.08. The topological polar surface area (TPSA) is 72.9 Å². The Balaban J connectivity index is 2.05. The van der Waals surface area contributed by atoms with Gasteiger partial charge in [0.1, 0.15) is 17.4 Å². The number of hydrogen-bond acceptors (Lipinski definition) is 5. The van der Waals surface area contributed by atoms with Gasteiger partial charge in [0, 0.05) is 7.05 Å². The minimum absolute atomic E-state index is 0.405. The molecule has 38 heavy (non-hydrogen) atoms. The normalized spacial score (nSPS) is 11.9. The molecule has 6 nitrogen and oxygen atoms in total. The summed E-state index contributed by atoms with van der Waals surface area (Å²) >= 11 is 0. The summed E-state index contributed by atoms with van der Waals surface area (Å²) in [5.41, 5.74) is 2.13. The fraction of sp³-hybridized carbons (Fsp3) is 0.156. The van der Waals surface area contributed by atoms with Gasteiger partial charge >= 0.3 is 0 Å². The number of allylic oxidation sites excluding steroid dienone is 2. The van der Waals surface area contributed by atoms with Gasteiger partial charge in [-0.05, 0) is 59.2 Å². The predicted molar refractivity (Wildman–Crippen MR) is 150 cm³/mol. The van der Waals surface area contributed by atoms with Gasteiger partial charge in [-0.2, -0.15) is 0 Å². The number of carbonyl (C=O) groups is 3. The van der Waals surface area contributed by atoms with Crippen LogP contribution in [-0.2, 0) is 14.4 Å². The summed E-state index contributed by atoms with van der Waals surface area (Å²) in [7, 11) is 4.69. The highest BCUT2D eigenvalue weighted by Gasteiger charge is 2.37. The molecule has 0 heterocycles. The van der Waals surface area contributed by atoms with Crippen molar-refractivity contribution in [1.82, 2.24) is 4.90 Å². The van der Waals surface area contributed by atoms with E-state index in [0.29, 0.717) is 17.1 Å². The largest absolute Gasteiger partial charge is 0.497 e. The van der Waals surface area contributed by atoms with Gasteiger partial charge in [-0.3, -0.25) is 14.4 Å². The highest BCUT2D eigenvalue weighted by Crippen LogP contribution is 2.31. The van der Waals surface area contributed by atoms with Crippen LogP contribution in [0.1, 0.15) is 22.7 Å². The van der Waals surface area contributed by atoms with E-state index < -0.39 is 29.4 Å². The van der Waals surface area contributed by atoms with Crippen LogP contribution in [0, 0.1) is 5.92 Å². The monoisotopic (exact) mass is 509 g/mol. The number of ether oxygens (including phenoxy) is 2. The maximum absolute atomic E-state index is 13.7. The van der Waals surface area contributed by atoms with Crippen LogP contribution >= 0.6 is 0 Å². The molecule has 0 N–H and O–H groups in total. The van der Waals surface area contributed by atoms with Crippen LogP contribution < -0.4 is 9.47 Å². The van der Waals surface area contributed by atoms with Crippen molar-refractivity contribution in [2.45, 2.75) is 6.04 Å². The number of methoxy groups -OCH3 is 2. The first-order valence-corrected chi connectivity index (χ1v) is 12.0. The number of amides is 1. The van der Waals surface area contributed by atoms with Crippen LogP contribution in [0.3, 0.4) is 0 Å². The fourth-order valence-corrected chi connectivity index (χ4v) is 4.08. The third kappa shape index (κ3) is 7.17. The Kier molecular flexibility index (Phi) is 9.94. The third-order valence-corrected chi connectivity index (χ3v) is 6.08. The Morgan fingerprint density at radius 1 is 0.763 bits per heavy atom. The molecule has 1 atom stereocenters. The first kappa shape index (κ1) is 27.9. The molecule has 0 bridgehead atoms. The average molecular weight is 510 g/mol. The minimum Gasteiger partial charge on any atom is -0.497 e. The standard InChI is InChI=1S/C32H31NO5/c1-5-30(36)33(2)32(25-13-7-6-8-14-25)31(28(34)19-17-23-11-9-15-26(21-23)37-3)29(35)20-18-24-12-10-16-27(22-24)38-4/h5-22,31-32H,1H2,2-4H3/b19-17+,20-18+. The Morgan fingerprint density at radius 2 is 1.26 bits per heavy atom. The lowest BCUT2D eigenvalue weighted by molar-refractivity contribution is -0.134. The van der Waals surface area contributed by atoms with E-state index in [0.717, 1.165) is 11.1 Å². The highest BCUT2D eigenvalue weighted by molar-refractivity contribution is 6.14. The number of carbonyl (C=O) groups excluding carboxylic acids is 3. The average Bonchev–Trinajstić information content (AvgIpc) is 2.97. The number of nitrogens with zero attached hydrogens (tertiary/aromatic N) is 1. The smallest absolute Gasteiger partial charge is 0.246 e. The van der Waals surface area contributed by atoms with Crippen molar-refractivity contribution in [3.63, 3.8) is 0 Å². The molecule has 0 spiro atoms. The summed E-state index contributed by atoms with van der Waals surface area (Å²) < 4.78 is 10.5. The zero-order valence-corrected chi connectivity index (χ0v) is 21.7. The number of benzene rings is 3. The lowest BCUT2D eigenvalue weighted by Gasteiger charge is -2.32. The maximum Gasteiger partial charge on any atom is 0.246 e. The Labute approximate surface area is 223 Å². The molecule has 0 aliphatic carbocycles. The molecule has 6 heteroatoms. The van der Waals surface area contributed by atoms with Gasteiger partial charge in [0.25, 0.3) is 0 Å². The second kappa shape index (κ2) is 13.6. The SMILES string of the molecule is C=CC(=O)N(C)C(c1ccccc1)C(C(=O)/C=C/c1cccc(OC)c1)C(=O)/C=C/c1cccc(OC)c1. The third-order valence-electron chi connectivity index (χ3n) is 6.08. The summed E-state index contributed by atoms with van der Waals surface area (Å²) in [5, 5.41) is 0. The molecule has 0 radical (unpaired) electrons. The van der Waals surface area contributed by atoms with E-state index in [2.05, 4.69) is 6.58 Å². The molecule has 0 aromatic heterocycles. The molecule has 3 aromatic rings. The van der Waals surface area contributed by atoms with Gasteiger partial charge in [-0.25, -0.2) is 0 Å². The number of likely N-dealkylation sites (N-methyl/N-ethyl adjacent to an activating group) is 1. The van der Waals surface area contributed by atoms with Crippen LogP contribution in [0.5, 0.6) is 11.5 Å². The Hall–Kier alpha value is -4.71. The van der Waals surface area contributed by atoms with E-state index in [9.17, 15) is 14.4 Å². The lowest BCUT2D eigenvalue weighted by Crippen LogP contribution is -2.40. The molecule has 0 aliphatic heterocycles. The number of hydrogen-bond donors (Lipinski definition) is 0. The first-order chi connectivity index (χ1) is 18.4. The van der Waals surface area contributed by atoms with E-state index >= 15 is 0 Å². The molecule has 0 fully saturated rings. The second-order valence-corrected chi connectivity index (χ2v) is 8.51.